The molecule has 7 heteroatoms. The molecule has 1 unspecified atom stereocenters. The normalized spacial score (nSPS) is 12.4. The summed E-state index contributed by atoms with van der Waals surface area (Å²) in [6.07, 6.45) is 1.54. The fraction of sp³-hybridized carbons (Fsp3) is 0.385. The third kappa shape index (κ3) is 5.82. The van der Waals surface area contributed by atoms with Crippen molar-refractivity contribution in [2.24, 2.45) is 0 Å². The molecule has 0 aromatic heterocycles. The molecule has 0 aliphatic heterocycles. The molecule has 0 spiro atoms. The Hall–Kier alpha value is -1.91. The van der Waals surface area contributed by atoms with Crippen LogP contribution in [0.25, 0.3) is 0 Å². The van der Waals surface area contributed by atoms with Crippen LogP contribution in [-0.4, -0.2) is 33.7 Å². The molecule has 0 aliphatic carbocycles. The number of sulfonamides is 1. The molecule has 0 fully saturated rings. The van der Waals surface area contributed by atoms with E-state index in [0.29, 0.717) is 18.5 Å². The lowest BCUT2D eigenvalue weighted by atomic mass is 10.00. The second kappa shape index (κ2) is 7.62. The van der Waals surface area contributed by atoms with Gasteiger partial charge in [0.15, 0.2) is 0 Å². The smallest absolute Gasteiger partial charge is 0.241 e. The van der Waals surface area contributed by atoms with E-state index in [2.05, 4.69) is 10.0 Å². The van der Waals surface area contributed by atoms with Crippen LogP contribution >= 0.6 is 0 Å². The van der Waals surface area contributed by atoms with Crippen molar-refractivity contribution in [3.05, 3.63) is 35.9 Å². The fourth-order valence-corrected chi connectivity index (χ4v) is 2.10. The number of benzene rings is 1. The minimum Gasteiger partial charge on any atom is -0.355 e. The van der Waals surface area contributed by atoms with Gasteiger partial charge in [-0.1, -0.05) is 30.3 Å². The number of hydrogen-bond donors (Lipinski definition) is 2. The Kier molecular flexibility index (Phi) is 6.15. The molecule has 1 aromatic rings. The topological polar surface area (TPSA) is 99.1 Å². The number of carbonyl (C=O) groups is 1. The predicted molar refractivity (Wildman–Crippen MR) is 75.3 cm³/mol. The van der Waals surface area contributed by atoms with E-state index < -0.39 is 15.9 Å². The van der Waals surface area contributed by atoms with Crippen molar-refractivity contribution in [1.82, 2.24) is 10.0 Å². The number of nitriles is 1. The summed E-state index contributed by atoms with van der Waals surface area (Å²) in [5.41, 5.74) is 0.641. The minimum atomic E-state index is -3.20. The maximum atomic E-state index is 11.9. The molecule has 0 radical (unpaired) electrons. The number of nitrogens with one attached hydrogen (secondary N) is 2. The molecule has 108 valence electrons. The molecule has 0 bridgehead atoms. The van der Waals surface area contributed by atoms with E-state index in [1.54, 1.807) is 24.3 Å². The van der Waals surface area contributed by atoms with Crippen LogP contribution in [0.5, 0.6) is 0 Å². The minimum absolute atomic E-state index is 0.252. The van der Waals surface area contributed by atoms with Crippen LogP contribution < -0.4 is 10.0 Å². The van der Waals surface area contributed by atoms with Crippen molar-refractivity contribution in [2.45, 2.75) is 12.3 Å². The third-order valence-corrected chi connectivity index (χ3v) is 3.27. The van der Waals surface area contributed by atoms with Crippen molar-refractivity contribution in [1.29, 1.82) is 5.26 Å². The van der Waals surface area contributed by atoms with Crippen LogP contribution in [0.15, 0.2) is 30.3 Å². The van der Waals surface area contributed by atoms with Gasteiger partial charge < -0.3 is 5.32 Å². The Labute approximate surface area is 118 Å². The summed E-state index contributed by atoms with van der Waals surface area (Å²) < 4.78 is 24.0. The Morgan fingerprint density at radius 3 is 2.50 bits per heavy atom. The fourth-order valence-electron chi connectivity index (χ4n) is 1.59. The van der Waals surface area contributed by atoms with Gasteiger partial charge in [0.1, 0.15) is 5.92 Å². The summed E-state index contributed by atoms with van der Waals surface area (Å²) >= 11 is 0. The standard InChI is InChI=1S/C13H17N3O3S/c1-20(18,19)16-9-5-8-15-13(17)12(10-14)11-6-3-2-4-7-11/h2-4,6-7,12,16H,5,8-9H2,1H3,(H,15,17). The lowest BCUT2D eigenvalue weighted by Gasteiger charge is -2.10. The molecule has 1 rings (SSSR count). The molecule has 20 heavy (non-hydrogen) atoms. The van der Waals surface area contributed by atoms with E-state index >= 15 is 0 Å². The first-order chi connectivity index (χ1) is 9.44. The highest BCUT2D eigenvalue weighted by atomic mass is 32.2. The summed E-state index contributed by atoms with van der Waals surface area (Å²) in [5.74, 6) is -1.22. The Bertz CT molecular complexity index is 579. The number of nitrogens with zero attached hydrogens (tertiary/aromatic N) is 1. The zero-order valence-electron chi connectivity index (χ0n) is 11.2. The van der Waals surface area contributed by atoms with Crippen LogP contribution in [0.3, 0.4) is 0 Å². The highest BCUT2D eigenvalue weighted by Crippen LogP contribution is 2.14. The van der Waals surface area contributed by atoms with Gasteiger partial charge in [0.05, 0.1) is 12.3 Å². The van der Waals surface area contributed by atoms with E-state index in [1.807, 2.05) is 12.1 Å². The maximum Gasteiger partial charge on any atom is 0.241 e. The van der Waals surface area contributed by atoms with Crippen molar-refractivity contribution < 1.29 is 13.2 Å². The molecule has 0 aliphatic rings. The molecule has 2 N–H and O–H groups in total. The lowest BCUT2D eigenvalue weighted by molar-refractivity contribution is -0.121. The van der Waals surface area contributed by atoms with Crippen molar-refractivity contribution >= 4 is 15.9 Å². The average Bonchev–Trinajstić information content (AvgIpc) is 2.39. The zero-order valence-corrected chi connectivity index (χ0v) is 12.0. The first kappa shape index (κ1) is 16.1. The number of hydrogen-bond acceptors (Lipinski definition) is 4. The molecule has 0 saturated carbocycles. The third-order valence-electron chi connectivity index (χ3n) is 2.54. The van der Waals surface area contributed by atoms with Gasteiger partial charge in [-0.2, -0.15) is 5.26 Å². The lowest BCUT2D eigenvalue weighted by Crippen LogP contribution is -2.32. The van der Waals surface area contributed by atoms with Crippen LogP contribution in [0.4, 0.5) is 0 Å². The number of rotatable bonds is 7. The second-order valence-corrected chi connectivity index (χ2v) is 6.12. The first-order valence-corrected chi connectivity index (χ1v) is 8.00. The van der Waals surface area contributed by atoms with Gasteiger partial charge in [0.2, 0.25) is 15.9 Å². The highest BCUT2D eigenvalue weighted by molar-refractivity contribution is 7.88. The number of carbonyl (C=O) groups excluding carboxylic acids is 1. The van der Waals surface area contributed by atoms with E-state index in [-0.39, 0.29) is 12.5 Å². The first-order valence-electron chi connectivity index (χ1n) is 6.11. The summed E-state index contributed by atoms with van der Waals surface area (Å²) in [5, 5.41) is 11.7. The largest absolute Gasteiger partial charge is 0.355 e. The van der Waals surface area contributed by atoms with E-state index in [0.717, 1.165) is 6.26 Å². The van der Waals surface area contributed by atoms with E-state index in [4.69, 9.17) is 5.26 Å². The van der Waals surface area contributed by atoms with Crippen LogP contribution in [0.2, 0.25) is 0 Å². The molecule has 1 aromatic carbocycles. The van der Waals surface area contributed by atoms with Crippen LogP contribution in [0, 0.1) is 11.3 Å². The average molecular weight is 295 g/mol. The van der Waals surface area contributed by atoms with E-state index in [1.165, 1.54) is 0 Å². The molecule has 6 nitrogen and oxygen atoms in total. The van der Waals surface area contributed by atoms with Gasteiger partial charge in [-0.15, -0.1) is 0 Å². The van der Waals surface area contributed by atoms with Gasteiger partial charge in [-0.3, -0.25) is 4.79 Å². The molecule has 1 atom stereocenters. The van der Waals surface area contributed by atoms with Gasteiger partial charge in [-0.05, 0) is 12.0 Å². The maximum absolute atomic E-state index is 11.9. The Morgan fingerprint density at radius 2 is 1.95 bits per heavy atom. The van der Waals surface area contributed by atoms with Crippen LogP contribution in [0.1, 0.15) is 17.9 Å². The molecular weight excluding hydrogens is 278 g/mol. The summed E-state index contributed by atoms with van der Waals surface area (Å²) in [6.45, 7) is 0.564. The van der Waals surface area contributed by atoms with Crippen molar-refractivity contribution in [3.63, 3.8) is 0 Å². The number of amides is 1. The Morgan fingerprint density at radius 1 is 1.30 bits per heavy atom. The van der Waals surface area contributed by atoms with Crippen molar-refractivity contribution in [3.8, 4) is 6.07 Å². The van der Waals surface area contributed by atoms with Gasteiger partial charge in [0, 0.05) is 13.1 Å². The summed E-state index contributed by atoms with van der Waals surface area (Å²) in [7, 11) is -3.20. The molecule has 0 heterocycles. The van der Waals surface area contributed by atoms with Gasteiger partial charge >= 0.3 is 0 Å². The van der Waals surface area contributed by atoms with Gasteiger partial charge in [-0.25, -0.2) is 13.1 Å². The SMILES string of the molecule is CS(=O)(=O)NCCCNC(=O)C(C#N)c1ccccc1. The van der Waals surface area contributed by atoms with E-state index in [9.17, 15) is 13.2 Å². The monoisotopic (exact) mass is 295 g/mol. The Balaban J connectivity index is 2.40. The van der Waals surface area contributed by atoms with Gasteiger partial charge in [0.25, 0.3) is 0 Å². The summed E-state index contributed by atoms with van der Waals surface area (Å²) in [4.78, 5) is 11.9. The predicted octanol–water partition coefficient (Wildman–Crippen LogP) is 0.349. The zero-order chi connectivity index (χ0) is 15.0. The molecule has 0 saturated heterocycles. The summed E-state index contributed by atoms with van der Waals surface area (Å²) in [6, 6.07) is 10.7. The second-order valence-electron chi connectivity index (χ2n) is 4.28. The highest BCUT2D eigenvalue weighted by Gasteiger charge is 2.18. The molecule has 1 amide bonds. The quantitative estimate of drug-likeness (QED) is 0.709. The molecular formula is C13H17N3O3S. The van der Waals surface area contributed by atoms with Crippen molar-refractivity contribution in [2.75, 3.05) is 19.3 Å². The van der Waals surface area contributed by atoms with Crippen LogP contribution in [-0.2, 0) is 14.8 Å².